The van der Waals surface area contributed by atoms with E-state index in [9.17, 15) is 9.59 Å². The molecule has 24 heavy (non-hydrogen) atoms. The zero-order valence-electron chi connectivity index (χ0n) is 13.8. The summed E-state index contributed by atoms with van der Waals surface area (Å²) in [4.78, 5) is 35.1. The van der Waals surface area contributed by atoms with Crippen LogP contribution < -0.4 is 0 Å². The van der Waals surface area contributed by atoms with Gasteiger partial charge < -0.3 is 14.2 Å². The van der Waals surface area contributed by atoms with Crippen molar-refractivity contribution in [2.24, 2.45) is 0 Å². The van der Waals surface area contributed by atoms with Gasteiger partial charge in [-0.25, -0.2) is 4.98 Å². The number of rotatable bonds is 4. The maximum atomic E-state index is 12.7. The van der Waals surface area contributed by atoms with Crippen LogP contribution in [0.15, 0.2) is 30.9 Å². The second-order valence-electron chi connectivity index (χ2n) is 5.59. The standard InChI is InChI=1S/C17H20N4O3/c1-3-20-11-19-14-10-21(16(22)12-5-7-18-8-6-12)9-13(15(14)20)17(23)24-4-2/h5-8,11,13H,3-4,9-10H2,1-2H3. The fourth-order valence-electron chi connectivity index (χ4n) is 3.02. The van der Waals surface area contributed by atoms with Crippen LogP contribution in [0, 0.1) is 0 Å². The summed E-state index contributed by atoms with van der Waals surface area (Å²) in [7, 11) is 0. The second-order valence-corrected chi connectivity index (χ2v) is 5.59. The molecule has 0 aromatic carbocycles. The maximum absolute atomic E-state index is 12.7. The molecule has 1 amide bonds. The van der Waals surface area contributed by atoms with Crippen molar-refractivity contribution in [2.45, 2.75) is 32.9 Å². The Hall–Kier alpha value is -2.70. The first-order valence-corrected chi connectivity index (χ1v) is 8.05. The predicted octanol–water partition coefficient (Wildman–Crippen LogP) is 1.60. The van der Waals surface area contributed by atoms with Crippen LogP contribution in [-0.2, 0) is 22.6 Å². The first-order valence-electron chi connectivity index (χ1n) is 8.05. The van der Waals surface area contributed by atoms with E-state index in [1.165, 1.54) is 0 Å². The van der Waals surface area contributed by atoms with Crippen molar-refractivity contribution in [3.8, 4) is 0 Å². The number of hydrogen-bond donors (Lipinski definition) is 0. The van der Waals surface area contributed by atoms with Crippen LogP contribution in [-0.4, -0.2) is 44.5 Å². The van der Waals surface area contributed by atoms with Crippen LogP contribution in [0.2, 0.25) is 0 Å². The molecular weight excluding hydrogens is 308 g/mol. The highest BCUT2D eigenvalue weighted by Crippen LogP contribution is 2.29. The molecule has 0 fully saturated rings. The third kappa shape index (κ3) is 2.89. The average Bonchev–Trinajstić information content (AvgIpc) is 3.04. The molecule has 1 aliphatic heterocycles. The van der Waals surface area contributed by atoms with Gasteiger partial charge in [0.25, 0.3) is 5.91 Å². The molecule has 7 nitrogen and oxygen atoms in total. The molecule has 7 heteroatoms. The molecule has 2 aromatic heterocycles. The number of carbonyl (C=O) groups excluding carboxylic acids is 2. The zero-order chi connectivity index (χ0) is 17.1. The van der Waals surface area contributed by atoms with Crippen molar-refractivity contribution in [1.82, 2.24) is 19.4 Å². The molecule has 0 radical (unpaired) electrons. The van der Waals surface area contributed by atoms with Gasteiger partial charge in [0.05, 0.1) is 30.9 Å². The SMILES string of the molecule is CCOC(=O)C1CN(C(=O)c2ccncc2)Cc2ncn(CC)c21. The van der Waals surface area contributed by atoms with Crippen LogP contribution in [0.25, 0.3) is 0 Å². The summed E-state index contributed by atoms with van der Waals surface area (Å²) in [5.74, 6) is -0.966. The van der Waals surface area contributed by atoms with Crippen LogP contribution >= 0.6 is 0 Å². The van der Waals surface area contributed by atoms with E-state index in [1.807, 2.05) is 11.5 Å². The lowest BCUT2D eigenvalue weighted by molar-refractivity contribution is -0.145. The quantitative estimate of drug-likeness (QED) is 0.797. The molecule has 0 N–H and O–H groups in total. The summed E-state index contributed by atoms with van der Waals surface area (Å²) in [5, 5.41) is 0. The highest BCUT2D eigenvalue weighted by atomic mass is 16.5. The van der Waals surface area contributed by atoms with Gasteiger partial charge in [-0.05, 0) is 26.0 Å². The summed E-state index contributed by atoms with van der Waals surface area (Å²) in [6, 6.07) is 3.34. The van der Waals surface area contributed by atoms with E-state index >= 15 is 0 Å². The Balaban J connectivity index is 1.93. The zero-order valence-corrected chi connectivity index (χ0v) is 13.8. The number of ether oxygens (including phenoxy) is 1. The van der Waals surface area contributed by atoms with Crippen LogP contribution in [0.4, 0.5) is 0 Å². The van der Waals surface area contributed by atoms with Gasteiger partial charge in [-0.2, -0.15) is 0 Å². The Kier molecular flexibility index (Phi) is 4.59. The van der Waals surface area contributed by atoms with Crippen LogP contribution in [0.1, 0.15) is 41.5 Å². The normalized spacial score (nSPS) is 16.6. The first-order chi connectivity index (χ1) is 11.7. The van der Waals surface area contributed by atoms with Crippen LogP contribution in [0.5, 0.6) is 0 Å². The molecule has 0 bridgehead atoms. The number of pyridine rings is 1. The fourth-order valence-corrected chi connectivity index (χ4v) is 3.02. The minimum absolute atomic E-state index is 0.136. The molecule has 3 heterocycles. The third-order valence-corrected chi connectivity index (χ3v) is 4.16. The minimum Gasteiger partial charge on any atom is -0.465 e. The van der Waals surface area contributed by atoms with Gasteiger partial charge in [-0.3, -0.25) is 14.6 Å². The van der Waals surface area contributed by atoms with Gasteiger partial charge in [0.2, 0.25) is 0 Å². The third-order valence-electron chi connectivity index (χ3n) is 4.16. The lowest BCUT2D eigenvalue weighted by Crippen LogP contribution is -2.41. The van der Waals surface area contributed by atoms with E-state index in [-0.39, 0.29) is 11.9 Å². The molecule has 0 spiro atoms. The van der Waals surface area contributed by atoms with Crippen molar-refractivity contribution in [3.63, 3.8) is 0 Å². The van der Waals surface area contributed by atoms with E-state index in [0.29, 0.717) is 25.3 Å². The fraction of sp³-hybridized carbons (Fsp3) is 0.412. The van der Waals surface area contributed by atoms with Crippen molar-refractivity contribution >= 4 is 11.9 Å². The molecule has 3 rings (SSSR count). The largest absolute Gasteiger partial charge is 0.465 e. The van der Waals surface area contributed by atoms with Gasteiger partial charge in [-0.1, -0.05) is 0 Å². The number of aromatic nitrogens is 3. The second kappa shape index (κ2) is 6.82. The number of carbonyl (C=O) groups is 2. The number of imidazole rings is 1. The topological polar surface area (TPSA) is 77.3 Å². The van der Waals surface area contributed by atoms with Gasteiger partial charge >= 0.3 is 5.97 Å². The first kappa shape index (κ1) is 16.2. The minimum atomic E-state index is -0.512. The number of nitrogens with zero attached hydrogens (tertiary/aromatic N) is 4. The van der Waals surface area contributed by atoms with Crippen molar-refractivity contribution in [1.29, 1.82) is 0 Å². The summed E-state index contributed by atoms with van der Waals surface area (Å²) < 4.78 is 7.16. The van der Waals surface area contributed by atoms with Crippen molar-refractivity contribution in [2.75, 3.05) is 13.2 Å². The van der Waals surface area contributed by atoms with Gasteiger partial charge in [0.15, 0.2) is 0 Å². The van der Waals surface area contributed by atoms with Gasteiger partial charge in [0, 0.05) is 31.0 Å². The smallest absolute Gasteiger partial charge is 0.316 e. The molecule has 1 unspecified atom stereocenters. The number of aryl methyl sites for hydroxylation is 1. The number of esters is 1. The maximum Gasteiger partial charge on any atom is 0.316 e. The molecule has 0 aliphatic carbocycles. The number of hydrogen-bond acceptors (Lipinski definition) is 5. The molecule has 1 atom stereocenters. The highest BCUT2D eigenvalue weighted by Gasteiger charge is 2.37. The number of amides is 1. The molecular formula is C17H20N4O3. The lowest BCUT2D eigenvalue weighted by atomic mass is 9.97. The Morgan fingerprint density at radius 2 is 2.04 bits per heavy atom. The number of fused-ring (bicyclic) bond motifs is 1. The van der Waals surface area contributed by atoms with Crippen molar-refractivity contribution in [3.05, 3.63) is 47.8 Å². The summed E-state index contributed by atoms with van der Waals surface area (Å²) in [6.45, 7) is 5.48. The predicted molar refractivity (Wildman–Crippen MR) is 86.3 cm³/mol. The summed E-state index contributed by atoms with van der Waals surface area (Å²) >= 11 is 0. The average molecular weight is 328 g/mol. The van der Waals surface area contributed by atoms with E-state index in [4.69, 9.17) is 4.74 Å². The van der Waals surface area contributed by atoms with E-state index in [0.717, 1.165) is 17.9 Å². The highest BCUT2D eigenvalue weighted by molar-refractivity contribution is 5.94. The lowest BCUT2D eigenvalue weighted by Gasteiger charge is -2.32. The molecule has 2 aromatic rings. The molecule has 0 saturated heterocycles. The van der Waals surface area contributed by atoms with Gasteiger partial charge in [-0.15, -0.1) is 0 Å². The van der Waals surface area contributed by atoms with E-state index in [1.54, 1.807) is 42.7 Å². The molecule has 0 saturated carbocycles. The van der Waals surface area contributed by atoms with Crippen molar-refractivity contribution < 1.29 is 14.3 Å². The Bertz CT molecular complexity index is 742. The Labute approximate surface area is 140 Å². The Morgan fingerprint density at radius 3 is 2.71 bits per heavy atom. The Morgan fingerprint density at radius 1 is 1.29 bits per heavy atom. The summed E-state index contributed by atoms with van der Waals surface area (Å²) in [5.41, 5.74) is 2.16. The summed E-state index contributed by atoms with van der Waals surface area (Å²) in [6.07, 6.45) is 4.88. The van der Waals surface area contributed by atoms with E-state index in [2.05, 4.69) is 9.97 Å². The van der Waals surface area contributed by atoms with Crippen LogP contribution in [0.3, 0.4) is 0 Å². The monoisotopic (exact) mass is 328 g/mol. The molecule has 1 aliphatic rings. The van der Waals surface area contributed by atoms with E-state index < -0.39 is 5.92 Å². The molecule has 126 valence electrons. The van der Waals surface area contributed by atoms with Gasteiger partial charge in [0.1, 0.15) is 5.92 Å².